The molecule has 90 valence electrons. The third-order valence-electron chi connectivity index (χ3n) is 3.09. The van der Waals surface area contributed by atoms with Crippen LogP contribution in [0.2, 0.25) is 0 Å². The highest BCUT2D eigenvalue weighted by Gasteiger charge is 2.19. The summed E-state index contributed by atoms with van der Waals surface area (Å²) in [4.78, 5) is 0. The summed E-state index contributed by atoms with van der Waals surface area (Å²) in [7, 11) is 0. The molecule has 1 nitrogen and oxygen atoms in total. The van der Waals surface area contributed by atoms with Crippen molar-refractivity contribution in [2.24, 2.45) is 0 Å². The fraction of sp³-hybridized carbons (Fsp3) is 0.538. The lowest BCUT2D eigenvalue weighted by molar-refractivity contribution is 0.379. The Balaban J connectivity index is 2.70. The average Bonchev–Trinajstić information content (AvgIpc) is 2.30. The fourth-order valence-electron chi connectivity index (χ4n) is 1.41. The summed E-state index contributed by atoms with van der Waals surface area (Å²) < 4.78 is 13.1. The Kier molecular flexibility index (Phi) is 4.75. The van der Waals surface area contributed by atoms with Gasteiger partial charge in [0.25, 0.3) is 0 Å². The molecule has 0 spiro atoms. The molecule has 1 aromatic rings. The molecule has 1 rings (SSSR count). The van der Waals surface area contributed by atoms with E-state index in [1.54, 1.807) is 12.1 Å². The monoisotopic (exact) mass is 243 g/mol. The lowest BCUT2D eigenvalue weighted by atomic mass is 10.0. The van der Waals surface area contributed by atoms with Crippen molar-refractivity contribution in [1.82, 2.24) is 5.32 Å². The van der Waals surface area contributed by atoms with E-state index in [2.05, 4.69) is 19.2 Å². The second-order valence-electron chi connectivity index (χ2n) is 4.47. The van der Waals surface area contributed by atoms with Crippen molar-refractivity contribution in [3.63, 3.8) is 0 Å². The van der Waals surface area contributed by atoms with Gasteiger partial charge in [0.05, 0.1) is 0 Å². The first-order valence-corrected chi connectivity index (χ1v) is 6.10. The highest BCUT2D eigenvalue weighted by Crippen LogP contribution is 2.15. The summed E-state index contributed by atoms with van der Waals surface area (Å²) in [5, 5.41) is 3.38. The van der Waals surface area contributed by atoms with E-state index in [1.807, 2.05) is 6.92 Å². The number of halogens is 2. The Morgan fingerprint density at radius 2 is 2.12 bits per heavy atom. The van der Waals surface area contributed by atoms with Crippen LogP contribution >= 0.6 is 11.6 Å². The maximum absolute atomic E-state index is 13.1. The van der Waals surface area contributed by atoms with Crippen molar-refractivity contribution in [3.8, 4) is 0 Å². The van der Waals surface area contributed by atoms with E-state index in [1.165, 1.54) is 6.07 Å². The van der Waals surface area contributed by atoms with Gasteiger partial charge < -0.3 is 5.32 Å². The summed E-state index contributed by atoms with van der Waals surface area (Å²) in [6, 6.07) is 4.86. The number of hydrogen-bond acceptors (Lipinski definition) is 1. The maximum Gasteiger partial charge on any atom is 0.123 e. The van der Waals surface area contributed by atoms with Crippen LogP contribution in [0, 0.1) is 12.7 Å². The van der Waals surface area contributed by atoms with Gasteiger partial charge in [-0.1, -0.05) is 13.0 Å². The van der Waals surface area contributed by atoms with Crippen LogP contribution in [0.3, 0.4) is 0 Å². The zero-order valence-electron chi connectivity index (χ0n) is 10.1. The molecular formula is C13H19ClFN. The van der Waals surface area contributed by atoms with Crippen LogP contribution in [0.15, 0.2) is 18.2 Å². The van der Waals surface area contributed by atoms with Crippen molar-refractivity contribution >= 4 is 11.6 Å². The van der Waals surface area contributed by atoms with Crippen LogP contribution in [-0.4, -0.2) is 11.4 Å². The Morgan fingerprint density at radius 1 is 1.44 bits per heavy atom. The summed E-state index contributed by atoms with van der Waals surface area (Å²) in [5.41, 5.74) is 2.01. The topological polar surface area (TPSA) is 12.0 Å². The molecule has 0 bridgehead atoms. The zero-order valence-corrected chi connectivity index (χ0v) is 10.9. The first kappa shape index (κ1) is 13.5. The molecule has 0 saturated heterocycles. The number of benzene rings is 1. The molecule has 0 aliphatic heterocycles. The van der Waals surface area contributed by atoms with Gasteiger partial charge in [-0.3, -0.25) is 0 Å². The molecule has 0 aromatic heterocycles. The molecule has 1 atom stereocenters. The Hall–Kier alpha value is -0.600. The van der Waals surface area contributed by atoms with Crippen molar-refractivity contribution in [2.75, 3.05) is 5.88 Å². The van der Waals surface area contributed by atoms with E-state index in [4.69, 9.17) is 11.6 Å². The molecular weight excluding hydrogens is 225 g/mol. The Bertz CT molecular complexity index is 348. The second kappa shape index (κ2) is 5.65. The van der Waals surface area contributed by atoms with Gasteiger partial charge in [-0.15, -0.1) is 11.6 Å². The Morgan fingerprint density at radius 3 is 2.69 bits per heavy atom. The molecule has 0 fully saturated rings. The van der Waals surface area contributed by atoms with Crippen molar-refractivity contribution in [2.45, 2.75) is 39.3 Å². The predicted molar refractivity (Wildman–Crippen MR) is 67.4 cm³/mol. The molecule has 0 amide bonds. The van der Waals surface area contributed by atoms with Gasteiger partial charge in [-0.25, -0.2) is 4.39 Å². The molecule has 1 N–H and O–H groups in total. The minimum atomic E-state index is -0.188. The SMILES string of the molecule is CCC(C)(CCl)NCc1cc(F)ccc1C. The van der Waals surface area contributed by atoms with Gasteiger partial charge in [0, 0.05) is 18.0 Å². The van der Waals surface area contributed by atoms with Gasteiger partial charge in [-0.2, -0.15) is 0 Å². The smallest absolute Gasteiger partial charge is 0.123 e. The van der Waals surface area contributed by atoms with Crippen LogP contribution in [0.4, 0.5) is 4.39 Å². The maximum atomic E-state index is 13.1. The number of aryl methyl sites for hydroxylation is 1. The standard InChI is InChI=1S/C13H19ClFN/c1-4-13(3,9-14)16-8-11-7-12(15)6-5-10(11)2/h5-7,16H,4,8-9H2,1-3H3. The normalized spacial score (nSPS) is 14.8. The average molecular weight is 244 g/mol. The number of hydrogen-bond donors (Lipinski definition) is 1. The summed E-state index contributed by atoms with van der Waals surface area (Å²) in [6.07, 6.45) is 0.949. The molecule has 0 saturated carbocycles. The van der Waals surface area contributed by atoms with Crippen molar-refractivity contribution < 1.29 is 4.39 Å². The van der Waals surface area contributed by atoms with Crippen molar-refractivity contribution in [1.29, 1.82) is 0 Å². The Labute approximate surface area is 102 Å². The predicted octanol–water partition coefficient (Wildman–Crippen LogP) is 3.63. The van der Waals surface area contributed by atoms with E-state index in [0.29, 0.717) is 12.4 Å². The molecule has 0 radical (unpaired) electrons. The minimum Gasteiger partial charge on any atom is -0.306 e. The van der Waals surface area contributed by atoms with Crippen LogP contribution in [0.1, 0.15) is 31.4 Å². The largest absolute Gasteiger partial charge is 0.306 e. The second-order valence-corrected chi connectivity index (χ2v) is 4.74. The summed E-state index contributed by atoms with van der Waals surface area (Å²) >= 11 is 5.91. The first-order valence-electron chi connectivity index (χ1n) is 5.57. The zero-order chi connectivity index (χ0) is 12.2. The molecule has 3 heteroatoms. The highest BCUT2D eigenvalue weighted by atomic mass is 35.5. The summed E-state index contributed by atoms with van der Waals surface area (Å²) in [6.45, 7) is 6.81. The number of nitrogens with one attached hydrogen (secondary N) is 1. The lowest BCUT2D eigenvalue weighted by Gasteiger charge is -2.27. The third-order valence-corrected chi connectivity index (χ3v) is 3.68. The van der Waals surface area contributed by atoms with Gasteiger partial charge >= 0.3 is 0 Å². The molecule has 1 unspecified atom stereocenters. The summed E-state index contributed by atoms with van der Waals surface area (Å²) in [5.74, 6) is 0.365. The molecule has 0 aliphatic rings. The van der Waals surface area contributed by atoms with Gasteiger partial charge in [0.2, 0.25) is 0 Å². The van der Waals surface area contributed by atoms with Crippen LogP contribution < -0.4 is 5.32 Å². The molecule has 0 aliphatic carbocycles. The molecule has 1 aromatic carbocycles. The van der Waals surface area contributed by atoms with E-state index >= 15 is 0 Å². The molecule has 0 heterocycles. The van der Waals surface area contributed by atoms with E-state index in [-0.39, 0.29) is 11.4 Å². The van der Waals surface area contributed by atoms with E-state index < -0.39 is 0 Å². The number of rotatable bonds is 5. The van der Waals surface area contributed by atoms with Crippen LogP contribution in [-0.2, 0) is 6.54 Å². The third kappa shape index (κ3) is 3.46. The quantitative estimate of drug-likeness (QED) is 0.779. The van der Waals surface area contributed by atoms with E-state index in [9.17, 15) is 4.39 Å². The van der Waals surface area contributed by atoms with Gasteiger partial charge in [0.15, 0.2) is 0 Å². The number of alkyl halides is 1. The lowest BCUT2D eigenvalue weighted by Crippen LogP contribution is -2.43. The molecule has 16 heavy (non-hydrogen) atoms. The van der Waals surface area contributed by atoms with Crippen LogP contribution in [0.25, 0.3) is 0 Å². The van der Waals surface area contributed by atoms with E-state index in [0.717, 1.165) is 17.5 Å². The first-order chi connectivity index (χ1) is 7.50. The fourth-order valence-corrected chi connectivity index (χ4v) is 1.69. The highest BCUT2D eigenvalue weighted by molar-refractivity contribution is 6.18. The van der Waals surface area contributed by atoms with Crippen LogP contribution in [0.5, 0.6) is 0 Å². The van der Waals surface area contributed by atoms with Gasteiger partial charge in [-0.05, 0) is 43.5 Å². The van der Waals surface area contributed by atoms with Crippen molar-refractivity contribution in [3.05, 3.63) is 35.1 Å². The minimum absolute atomic E-state index is 0.0830. The van der Waals surface area contributed by atoms with Gasteiger partial charge in [0.1, 0.15) is 5.82 Å².